The third-order valence-corrected chi connectivity index (χ3v) is 6.03. The van der Waals surface area contributed by atoms with Crippen LogP contribution in [-0.4, -0.2) is 33.1 Å². The summed E-state index contributed by atoms with van der Waals surface area (Å²) in [6.45, 7) is 8.49. The van der Waals surface area contributed by atoms with Gasteiger partial charge in [-0.3, -0.25) is 9.59 Å². The second-order valence-corrected chi connectivity index (χ2v) is 9.68. The monoisotopic (exact) mass is 468 g/mol. The zero-order chi connectivity index (χ0) is 25.3. The minimum atomic E-state index is -0.158. The Morgan fingerprint density at radius 2 is 1.74 bits per heavy atom. The van der Waals surface area contributed by atoms with Crippen molar-refractivity contribution >= 4 is 17.5 Å². The van der Waals surface area contributed by atoms with Crippen LogP contribution in [0.1, 0.15) is 76.0 Å². The van der Waals surface area contributed by atoms with Gasteiger partial charge in [-0.15, -0.1) is 0 Å². The number of rotatable bonds is 11. The summed E-state index contributed by atoms with van der Waals surface area (Å²) >= 11 is 0. The number of nitrogens with one attached hydrogen (secondary N) is 2. The molecule has 186 valence electrons. The van der Waals surface area contributed by atoms with Crippen molar-refractivity contribution in [1.29, 1.82) is 0 Å². The van der Waals surface area contributed by atoms with Crippen LogP contribution in [0, 0.1) is 0 Å². The van der Waals surface area contributed by atoms with E-state index in [2.05, 4.69) is 38.3 Å². The fourth-order valence-electron chi connectivity index (χ4n) is 4.13. The highest BCUT2D eigenvalue weighted by atomic mass is 16.5. The molecule has 0 saturated carbocycles. The predicted molar refractivity (Wildman–Crippen MR) is 138 cm³/mol. The maximum Gasteiger partial charge on any atom is 0.224 e. The zero-order valence-electron chi connectivity index (χ0n) is 21.7. The first-order chi connectivity index (χ1) is 16.1. The maximum absolute atomic E-state index is 13.3. The molecular formula is C28H40N2O4. The number of anilines is 1. The Balaban J connectivity index is 2.33. The second kappa shape index (κ2) is 12.4. The second-order valence-electron chi connectivity index (χ2n) is 9.68. The molecule has 2 rings (SSSR count). The van der Waals surface area contributed by atoms with Gasteiger partial charge in [-0.05, 0) is 46.6 Å². The van der Waals surface area contributed by atoms with Crippen LogP contribution in [0.15, 0.2) is 36.4 Å². The summed E-state index contributed by atoms with van der Waals surface area (Å²) in [4.78, 5) is 25.2. The predicted octanol–water partition coefficient (Wildman–Crippen LogP) is 5.59. The Bertz CT molecular complexity index is 979. The molecule has 2 N–H and O–H groups in total. The van der Waals surface area contributed by atoms with E-state index in [1.54, 1.807) is 21.3 Å². The molecule has 2 amide bonds. The normalized spacial score (nSPS) is 12.1. The molecule has 2 aromatic rings. The number of amides is 2. The molecule has 1 unspecified atom stereocenters. The molecule has 6 nitrogen and oxygen atoms in total. The third-order valence-electron chi connectivity index (χ3n) is 6.03. The summed E-state index contributed by atoms with van der Waals surface area (Å²) in [5.74, 6) is 1.36. The Hall–Kier alpha value is -3.02. The number of carbonyl (C=O) groups is 2. The minimum Gasteiger partial charge on any atom is -0.497 e. The lowest BCUT2D eigenvalue weighted by atomic mass is 9.84. The quantitative estimate of drug-likeness (QED) is 0.451. The van der Waals surface area contributed by atoms with E-state index in [4.69, 9.17) is 9.47 Å². The van der Waals surface area contributed by atoms with Gasteiger partial charge in [-0.25, -0.2) is 0 Å². The minimum absolute atomic E-state index is 0.0212. The summed E-state index contributed by atoms with van der Waals surface area (Å²) in [5.41, 5.74) is 3.51. The van der Waals surface area contributed by atoms with Gasteiger partial charge in [0.15, 0.2) is 0 Å². The van der Waals surface area contributed by atoms with Crippen molar-refractivity contribution < 1.29 is 19.1 Å². The summed E-state index contributed by atoms with van der Waals surface area (Å²) in [5, 5.41) is 5.80. The Kier molecular flexibility index (Phi) is 9.97. The maximum atomic E-state index is 13.3. The number of hydrogen-bond acceptors (Lipinski definition) is 4. The summed E-state index contributed by atoms with van der Waals surface area (Å²) in [6, 6.07) is 11.7. The smallest absolute Gasteiger partial charge is 0.224 e. The molecule has 1 atom stereocenters. The van der Waals surface area contributed by atoms with Crippen molar-refractivity contribution in [2.45, 2.75) is 71.1 Å². The lowest BCUT2D eigenvalue weighted by Crippen LogP contribution is -2.22. The highest BCUT2D eigenvalue weighted by Crippen LogP contribution is 2.36. The van der Waals surface area contributed by atoms with Crippen molar-refractivity contribution in [2.75, 3.05) is 26.6 Å². The topological polar surface area (TPSA) is 76.7 Å². The fraction of sp³-hybridized carbons (Fsp3) is 0.500. The molecule has 0 aromatic heterocycles. The van der Waals surface area contributed by atoms with Gasteiger partial charge < -0.3 is 20.1 Å². The van der Waals surface area contributed by atoms with E-state index >= 15 is 0 Å². The van der Waals surface area contributed by atoms with E-state index in [1.165, 1.54) is 0 Å². The Labute approximate surface area is 204 Å². The van der Waals surface area contributed by atoms with Crippen molar-refractivity contribution in [1.82, 2.24) is 5.32 Å². The van der Waals surface area contributed by atoms with Crippen molar-refractivity contribution in [2.24, 2.45) is 0 Å². The summed E-state index contributed by atoms with van der Waals surface area (Å²) in [7, 11) is 4.89. The SMILES string of the molecule is CCCCC(CC(=O)Nc1cc(CC(=O)NC)ccc1C(C)(C)C)c1ccc(OC)cc1OC. The van der Waals surface area contributed by atoms with E-state index in [0.29, 0.717) is 6.42 Å². The number of ether oxygens (including phenoxy) is 2. The number of unbranched alkanes of at least 4 members (excludes halogenated alkanes) is 1. The Morgan fingerprint density at radius 1 is 1.00 bits per heavy atom. The standard InChI is InChI=1S/C28H40N2O4/c1-8-9-10-20(22-13-12-21(33-6)18-25(22)34-7)17-27(32)30-24-15-19(16-26(31)29-5)11-14-23(24)28(2,3)4/h11-15,18,20H,8-10,16-17H2,1-7H3,(H,29,31)(H,30,32). The van der Waals surface area contributed by atoms with Crippen LogP contribution in [0.4, 0.5) is 5.69 Å². The number of likely N-dealkylation sites (N-methyl/N-ethyl adjacent to an activating group) is 1. The Morgan fingerprint density at radius 3 is 2.32 bits per heavy atom. The largest absolute Gasteiger partial charge is 0.497 e. The lowest BCUT2D eigenvalue weighted by Gasteiger charge is -2.25. The van der Waals surface area contributed by atoms with Crippen molar-refractivity contribution in [3.63, 3.8) is 0 Å². The molecule has 0 aliphatic heterocycles. The average molecular weight is 469 g/mol. The van der Waals surface area contributed by atoms with Crippen LogP contribution in [0.5, 0.6) is 11.5 Å². The highest BCUT2D eigenvalue weighted by Gasteiger charge is 2.23. The van der Waals surface area contributed by atoms with Gasteiger partial charge in [0.25, 0.3) is 0 Å². The van der Waals surface area contributed by atoms with Gasteiger partial charge in [0.1, 0.15) is 11.5 Å². The number of carbonyl (C=O) groups excluding carboxylic acids is 2. The van der Waals surface area contributed by atoms with Gasteiger partial charge in [0.05, 0.1) is 20.6 Å². The van der Waals surface area contributed by atoms with Crippen LogP contribution in [0.3, 0.4) is 0 Å². The summed E-state index contributed by atoms with van der Waals surface area (Å²) < 4.78 is 11.0. The first-order valence-electron chi connectivity index (χ1n) is 12.0. The first-order valence-corrected chi connectivity index (χ1v) is 12.0. The van der Waals surface area contributed by atoms with Crippen LogP contribution < -0.4 is 20.1 Å². The first kappa shape index (κ1) is 27.2. The van der Waals surface area contributed by atoms with E-state index in [1.807, 2.05) is 36.4 Å². The van der Waals surface area contributed by atoms with Crippen LogP contribution in [0.2, 0.25) is 0 Å². The van der Waals surface area contributed by atoms with E-state index < -0.39 is 0 Å². The number of benzene rings is 2. The van der Waals surface area contributed by atoms with Gasteiger partial charge >= 0.3 is 0 Å². The molecular weight excluding hydrogens is 428 g/mol. The molecule has 0 bridgehead atoms. The molecule has 0 heterocycles. The zero-order valence-corrected chi connectivity index (χ0v) is 21.7. The van der Waals surface area contributed by atoms with E-state index in [9.17, 15) is 9.59 Å². The molecule has 0 radical (unpaired) electrons. The number of hydrogen-bond donors (Lipinski definition) is 2. The third kappa shape index (κ3) is 7.51. The van der Waals surface area contributed by atoms with Gasteiger partial charge in [0, 0.05) is 25.2 Å². The molecule has 0 fully saturated rings. The molecule has 0 aliphatic carbocycles. The average Bonchev–Trinajstić information content (AvgIpc) is 2.80. The molecule has 6 heteroatoms. The molecule has 0 aliphatic rings. The van der Waals surface area contributed by atoms with Crippen LogP contribution in [-0.2, 0) is 21.4 Å². The van der Waals surface area contributed by atoms with Crippen molar-refractivity contribution in [3.8, 4) is 11.5 Å². The van der Waals surface area contributed by atoms with Gasteiger partial charge in [-0.1, -0.05) is 58.7 Å². The van der Waals surface area contributed by atoms with Crippen LogP contribution >= 0.6 is 0 Å². The molecule has 0 spiro atoms. The lowest BCUT2D eigenvalue weighted by molar-refractivity contribution is -0.120. The summed E-state index contributed by atoms with van der Waals surface area (Å²) in [6.07, 6.45) is 3.56. The highest BCUT2D eigenvalue weighted by molar-refractivity contribution is 5.92. The molecule has 2 aromatic carbocycles. The van der Waals surface area contributed by atoms with Crippen LogP contribution in [0.25, 0.3) is 0 Å². The van der Waals surface area contributed by atoms with E-state index in [0.717, 1.165) is 53.1 Å². The fourth-order valence-corrected chi connectivity index (χ4v) is 4.13. The molecule has 34 heavy (non-hydrogen) atoms. The van der Waals surface area contributed by atoms with E-state index in [-0.39, 0.29) is 29.6 Å². The number of methoxy groups -OCH3 is 2. The van der Waals surface area contributed by atoms with Gasteiger partial charge in [-0.2, -0.15) is 0 Å². The van der Waals surface area contributed by atoms with Gasteiger partial charge in [0.2, 0.25) is 11.8 Å². The molecule has 0 saturated heterocycles. The van der Waals surface area contributed by atoms with Crippen molar-refractivity contribution in [3.05, 3.63) is 53.1 Å².